The smallest absolute Gasteiger partial charge is 0.137 e. The van der Waals surface area contributed by atoms with E-state index in [1.54, 1.807) is 0 Å². The zero-order chi connectivity index (χ0) is 66.6. The standard InChI is InChI=1S/C47H37NO.C47H37NS/c2*1-30-26-35(34-20-18-33(19-21-34)32-12-6-5-7-13-32)27-31(2)46(30)48(37-23-25-41-40-15-9-11-17-44(40)49-45(41)29-37)36-22-24-39-38-14-8-10-16-42(38)47(3,4)43(39)28-36/h2*5-29H,1-4H3. The molecule has 0 aliphatic heterocycles. The van der Waals surface area contributed by atoms with Crippen LogP contribution in [0.2, 0.25) is 0 Å². The average Bonchev–Trinajstić information content (AvgIpc) is 1.57. The van der Waals surface area contributed by atoms with E-state index in [-0.39, 0.29) is 10.8 Å². The lowest BCUT2D eigenvalue weighted by Gasteiger charge is -2.31. The molecule has 0 saturated heterocycles. The molecule has 18 rings (SSSR count). The van der Waals surface area contributed by atoms with Gasteiger partial charge in [0.25, 0.3) is 0 Å². The molecule has 0 spiro atoms. The van der Waals surface area contributed by atoms with Crippen LogP contribution in [-0.4, -0.2) is 0 Å². The van der Waals surface area contributed by atoms with Crippen LogP contribution in [-0.2, 0) is 10.8 Å². The van der Waals surface area contributed by atoms with Crippen LogP contribution in [0.4, 0.5) is 34.1 Å². The molecule has 472 valence electrons. The van der Waals surface area contributed by atoms with E-state index >= 15 is 0 Å². The van der Waals surface area contributed by atoms with Gasteiger partial charge in [0, 0.05) is 70.6 Å². The number of benzene rings is 14. The number of nitrogens with zero attached hydrogens (tertiary/aromatic N) is 2. The average molecular weight is 1280 g/mol. The van der Waals surface area contributed by atoms with Crippen molar-refractivity contribution in [1.82, 2.24) is 0 Å². The van der Waals surface area contributed by atoms with Crippen molar-refractivity contribution in [2.45, 2.75) is 66.2 Å². The zero-order valence-corrected chi connectivity index (χ0v) is 57.4. The first-order valence-electron chi connectivity index (χ1n) is 34.2. The lowest BCUT2D eigenvalue weighted by molar-refractivity contribution is 0.660. The summed E-state index contributed by atoms with van der Waals surface area (Å²) in [4.78, 5) is 4.93. The van der Waals surface area contributed by atoms with Crippen molar-refractivity contribution in [1.29, 1.82) is 0 Å². The number of aryl methyl sites for hydroxylation is 4. The van der Waals surface area contributed by atoms with Gasteiger partial charge in [0.1, 0.15) is 11.2 Å². The SMILES string of the molecule is Cc1cc(-c2ccc(-c3ccccc3)cc2)cc(C)c1N(c1ccc2c(c1)C(C)(C)c1ccccc1-2)c1ccc2c(c1)oc1ccccc12.Cc1cc(-c2ccc(-c3ccccc3)cc2)cc(C)c1N(c1ccc2c(c1)C(C)(C)c1ccccc1-2)c1ccc2c(c1)sc1ccccc12. The van der Waals surface area contributed by atoms with Gasteiger partial charge in [-0.2, -0.15) is 0 Å². The van der Waals surface area contributed by atoms with Gasteiger partial charge in [0.15, 0.2) is 0 Å². The number of thiophene rings is 1. The van der Waals surface area contributed by atoms with Crippen molar-refractivity contribution in [3.05, 3.63) is 348 Å². The maximum atomic E-state index is 6.42. The number of anilines is 6. The minimum Gasteiger partial charge on any atom is -0.456 e. The summed E-state index contributed by atoms with van der Waals surface area (Å²) in [7, 11) is 0. The first-order valence-corrected chi connectivity index (χ1v) is 35.0. The molecule has 0 unspecified atom stereocenters. The quantitative estimate of drug-likeness (QED) is 0.136. The molecule has 4 heteroatoms. The van der Waals surface area contributed by atoms with E-state index in [9.17, 15) is 0 Å². The molecule has 0 atom stereocenters. The number of furan rings is 1. The van der Waals surface area contributed by atoms with Gasteiger partial charge in [-0.15, -0.1) is 11.3 Å². The number of para-hydroxylation sites is 1. The van der Waals surface area contributed by atoms with E-state index in [0.717, 1.165) is 33.3 Å². The van der Waals surface area contributed by atoms with Crippen molar-refractivity contribution in [3.8, 4) is 66.8 Å². The van der Waals surface area contributed by atoms with Gasteiger partial charge in [0.2, 0.25) is 0 Å². The number of fused-ring (bicyclic) bond motifs is 12. The Kier molecular flexibility index (Phi) is 14.7. The summed E-state index contributed by atoms with van der Waals surface area (Å²) in [5.74, 6) is 0. The van der Waals surface area contributed by atoms with E-state index in [1.165, 1.54) is 154 Å². The van der Waals surface area contributed by atoms with Crippen molar-refractivity contribution >= 4 is 87.6 Å². The molecule has 0 saturated carbocycles. The summed E-state index contributed by atoms with van der Waals surface area (Å²) in [6.45, 7) is 18.4. The normalized spacial score (nSPS) is 13.1. The van der Waals surface area contributed by atoms with Crippen LogP contribution in [0.1, 0.15) is 72.2 Å². The van der Waals surface area contributed by atoms with Crippen LogP contribution in [0.5, 0.6) is 0 Å². The Morgan fingerprint density at radius 3 is 1.10 bits per heavy atom. The van der Waals surface area contributed by atoms with Crippen LogP contribution in [0, 0.1) is 27.7 Å². The molecule has 16 aromatic rings. The highest BCUT2D eigenvalue weighted by Gasteiger charge is 2.38. The number of hydrogen-bond acceptors (Lipinski definition) is 4. The number of rotatable bonds is 10. The van der Waals surface area contributed by atoms with Crippen LogP contribution in [0.25, 0.3) is 109 Å². The van der Waals surface area contributed by atoms with Crippen molar-refractivity contribution in [2.75, 3.05) is 9.80 Å². The van der Waals surface area contributed by atoms with Gasteiger partial charge in [0.05, 0.1) is 11.4 Å². The van der Waals surface area contributed by atoms with Crippen LogP contribution >= 0.6 is 11.3 Å². The Morgan fingerprint density at radius 2 is 0.602 bits per heavy atom. The fourth-order valence-corrected chi connectivity index (χ4v) is 17.2. The largest absolute Gasteiger partial charge is 0.456 e. The third-order valence-electron chi connectivity index (χ3n) is 21.0. The molecule has 0 fully saturated rings. The summed E-state index contributed by atoms with van der Waals surface area (Å²) in [6.07, 6.45) is 0. The van der Waals surface area contributed by atoms with Crippen molar-refractivity contribution in [3.63, 3.8) is 0 Å². The minimum absolute atomic E-state index is 0.0805. The topological polar surface area (TPSA) is 19.6 Å². The van der Waals surface area contributed by atoms with Gasteiger partial charge >= 0.3 is 0 Å². The molecule has 0 radical (unpaired) electrons. The van der Waals surface area contributed by atoms with Crippen LogP contribution in [0.3, 0.4) is 0 Å². The first-order chi connectivity index (χ1) is 47.7. The molecule has 0 amide bonds. The van der Waals surface area contributed by atoms with Gasteiger partial charge < -0.3 is 14.2 Å². The maximum absolute atomic E-state index is 6.42. The van der Waals surface area contributed by atoms with E-state index in [2.05, 4.69) is 356 Å². The Labute approximate surface area is 578 Å². The highest BCUT2D eigenvalue weighted by Crippen LogP contribution is 2.54. The zero-order valence-electron chi connectivity index (χ0n) is 56.6. The van der Waals surface area contributed by atoms with Crippen molar-refractivity contribution < 1.29 is 4.42 Å². The molecule has 0 N–H and O–H groups in total. The van der Waals surface area contributed by atoms with E-state index < -0.39 is 0 Å². The summed E-state index contributed by atoms with van der Waals surface area (Å²) in [5.41, 5.74) is 34.2. The summed E-state index contributed by atoms with van der Waals surface area (Å²) in [6, 6.07) is 111. The van der Waals surface area contributed by atoms with E-state index in [0.29, 0.717) is 0 Å². The predicted molar refractivity (Wildman–Crippen MR) is 418 cm³/mol. The minimum atomic E-state index is -0.101. The molecular weight excluding hydrogens is 1210 g/mol. The number of hydrogen-bond donors (Lipinski definition) is 0. The van der Waals surface area contributed by atoms with Crippen LogP contribution in [0.15, 0.2) is 308 Å². The molecule has 98 heavy (non-hydrogen) atoms. The van der Waals surface area contributed by atoms with Gasteiger partial charge in [-0.1, -0.05) is 240 Å². The van der Waals surface area contributed by atoms with E-state index in [1.807, 2.05) is 23.5 Å². The highest BCUT2D eigenvalue weighted by atomic mass is 32.1. The van der Waals surface area contributed by atoms with Gasteiger partial charge in [-0.25, -0.2) is 0 Å². The monoisotopic (exact) mass is 1280 g/mol. The second-order valence-electron chi connectivity index (χ2n) is 27.8. The molecular formula is C94H74N2OS. The molecule has 2 aliphatic carbocycles. The van der Waals surface area contributed by atoms with Crippen LogP contribution < -0.4 is 9.80 Å². The first kappa shape index (κ1) is 60.4. The Balaban J connectivity index is 0.000000147. The summed E-state index contributed by atoms with van der Waals surface area (Å²) < 4.78 is 9.05. The Bertz CT molecular complexity index is 5390. The maximum Gasteiger partial charge on any atom is 0.137 e. The fourth-order valence-electron chi connectivity index (χ4n) is 16.1. The molecule has 0 bridgehead atoms. The lowest BCUT2D eigenvalue weighted by Crippen LogP contribution is -2.17. The molecule has 14 aromatic carbocycles. The molecule has 2 aliphatic rings. The predicted octanol–water partition coefficient (Wildman–Crippen LogP) is 27.1. The van der Waals surface area contributed by atoms with Gasteiger partial charge in [-0.05, 0) is 224 Å². The Morgan fingerprint density at radius 1 is 0.255 bits per heavy atom. The molecule has 2 heterocycles. The molecule has 3 nitrogen and oxygen atoms in total. The highest BCUT2D eigenvalue weighted by molar-refractivity contribution is 7.25. The Hall–Kier alpha value is -11.3. The third-order valence-corrected chi connectivity index (χ3v) is 22.1. The van der Waals surface area contributed by atoms with E-state index in [4.69, 9.17) is 4.42 Å². The summed E-state index contributed by atoms with van der Waals surface area (Å²) >= 11 is 1.88. The third kappa shape index (κ3) is 10.2. The van der Waals surface area contributed by atoms with Gasteiger partial charge in [-0.3, -0.25) is 0 Å². The lowest BCUT2D eigenvalue weighted by atomic mass is 9.82. The summed E-state index contributed by atoms with van der Waals surface area (Å²) in [5, 5.41) is 4.92. The van der Waals surface area contributed by atoms with Crippen molar-refractivity contribution in [2.24, 2.45) is 0 Å². The second-order valence-corrected chi connectivity index (χ2v) is 28.9. The molecule has 2 aromatic heterocycles. The second kappa shape index (κ2) is 23.8. The fraction of sp³-hybridized carbons (Fsp3) is 0.106.